The van der Waals surface area contributed by atoms with Crippen molar-refractivity contribution in [3.63, 3.8) is 0 Å². The van der Waals surface area contributed by atoms with Crippen molar-refractivity contribution >= 4 is 28.6 Å². The number of nitrogens with zero attached hydrogens (tertiary/aromatic N) is 5. The molecule has 1 aromatic carbocycles. The lowest BCUT2D eigenvalue weighted by Crippen LogP contribution is -2.56. The molecule has 1 atom stereocenters. The third-order valence-corrected chi connectivity index (χ3v) is 6.74. The minimum atomic E-state index is -4.45. The topological polar surface area (TPSA) is 140 Å². The molecule has 14 heteroatoms. The second-order valence-corrected chi connectivity index (χ2v) is 9.62. The first kappa shape index (κ1) is 25.1. The van der Waals surface area contributed by atoms with Crippen LogP contribution in [-0.4, -0.2) is 62.8 Å². The monoisotopic (exact) mass is 521 g/mol. The maximum atomic E-state index is 15.1. The van der Waals surface area contributed by atoms with Gasteiger partial charge in [0.1, 0.15) is 23.2 Å². The Balaban J connectivity index is 1.50. The SMILES string of the molecule is Nc1ncnc2c1ncn2Cc1c(N2CCC(N)(C(=O)NC3CC3)C2)ccc(F)c1CNCC(F)(F)F. The van der Waals surface area contributed by atoms with Gasteiger partial charge < -0.3 is 31.6 Å². The molecule has 10 nitrogen and oxygen atoms in total. The summed E-state index contributed by atoms with van der Waals surface area (Å²) >= 11 is 0. The van der Waals surface area contributed by atoms with Crippen LogP contribution in [0.4, 0.5) is 29.1 Å². The van der Waals surface area contributed by atoms with Crippen molar-refractivity contribution in [3.8, 4) is 0 Å². The van der Waals surface area contributed by atoms with Gasteiger partial charge in [-0.05, 0) is 31.4 Å². The third kappa shape index (κ3) is 5.30. The first-order valence-corrected chi connectivity index (χ1v) is 11.9. The van der Waals surface area contributed by atoms with Crippen LogP contribution in [0.2, 0.25) is 0 Å². The minimum Gasteiger partial charge on any atom is -0.382 e. The Morgan fingerprint density at radius 3 is 2.70 bits per heavy atom. The summed E-state index contributed by atoms with van der Waals surface area (Å²) in [5, 5.41) is 5.23. The van der Waals surface area contributed by atoms with Crippen molar-refractivity contribution in [1.82, 2.24) is 30.2 Å². The van der Waals surface area contributed by atoms with Crippen molar-refractivity contribution in [3.05, 3.63) is 41.7 Å². The second kappa shape index (κ2) is 9.41. The highest BCUT2D eigenvalue weighted by atomic mass is 19.4. The van der Waals surface area contributed by atoms with Crippen LogP contribution in [0, 0.1) is 5.82 Å². The lowest BCUT2D eigenvalue weighted by atomic mass is 9.99. The Bertz CT molecular complexity index is 1320. The molecule has 198 valence electrons. The standard InChI is InChI=1S/C23H27F4N9O/c24-16-3-4-17(35-6-5-22(29,10-35)21(37)34-13-1-2-13)15(14(16)7-30-9-23(25,26)27)8-36-12-33-18-19(28)31-11-32-20(18)36/h3-4,11-13,30H,1-2,5-10,29H2,(H,34,37)(H2,28,31,32). The molecule has 1 amide bonds. The van der Waals surface area contributed by atoms with E-state index in [1.54, 1.807) is 10.6 Å². The van der Waals surface area contributed by atoms with Gasteiger partial charge >= 0.3 is 6.18 Å². The molecule has 0 bridgehead atoms. The van der Waals surface area contributed by atoms with E-state index in [-0.39, 0.29) is 43.0 Å². The molecule has 1 aliphatic heterocycles. The lowest BCUT2D eigenvalue weighted by molar-refractivity contribution is -0.126. The third-order valence-electron chi connectivity index (χ3n) is 6.74. The molecule has 1 saturated heterocycles. The van der Waals surface area contributed by atoms with Crippen molar-refractivity contribution in [2.75, 3.05) is 30.3 Å². The van der Waals surface area contributed by atoms with E-state index in [9.17, 15) is 18.0 Å². The second-order valence-electron chi connectivity index (χ2n) is 9.62. The molecule has 2 aliphatic rings. The van der Waals surface area contributed by atoms with Gasteiger partial charge in [0, 0.05) is 42.5 Å². The van der Waals surface area contributed by atoms with Crippen molar-refractivity contribution in [2.24, 2.45) is 5.73 Å². The number of alkyl halides is 3. The van der Waals surface area contributed by atoms with Gasteiger partial charge in [0.05, 0.1) is 19.4 Å². The fourth-order valence-electron chi connectivity index (χ4n) is 4.61. The normalized spacial score (nSPS) is 20.1. The van der Waals surface area contributed by atoms with E-state index in [0.29, 0.717) is 35.4 Å². The van der Waals surface area contributed by atoms with Crippen LogP contribution in [0.1, 0.15) is 30.4 Å². The number of nitrogens with one attached hydrogen (secondary N) is 2. The van der Waals surface area contributed by atoms with Gasteiger partial charge in [0.15, 0.2) is 11.5 Å². The maximum absolute atomic E-state index is 15.1. The van der Waals surface area contributed by atoms with Crippen LogP contribution in [-0.2, 0) is 17.9 Å². The largest absolute Gasteiger partial charge is 0.401 e. The number of carbonyl (C=O) groups excluding carboxylic acids is 1. The molecule has 1 saturated carbocycles. The van der Waals surface area contributed by atoms with E-state index in [4.69, 9.17) is 11.5 Å². The number of rotatable bonds is 8. The molecule has 3 heterocycles. The van der Waals surface area contributed by atoms with Crippen LogP contribution in [0.5, 0.6) is 0 Å². The highest BCUT2D eigenvalue weighted by Gasteiger charge is 2.43. The Morgan fingerprint density at radius 1 is 1.19 bits per heavy atom. The van der Waals surface area contributed by atoms with Crippen LogP contribution >= 0.6 is 0 Å². The van der Waals surface area contributed by atoms with E-state index < -0.39 is 24.1 Å². The number of aromatic nitrogens is 4. The number of carbonyl (C=O) groups is 1. The zero-order chi connectivity index (χ0) is 26.4. The van der Waals surface area contributed by atoms with E-state index in [0.717, 1.165) is 12.8 Å². The number of halogens is 4. The van der Waals surface area contributed by atoms with Gasteiger partial charge in [-0.3, -0.25) is 4.79 Å². The molecule has 37 heavy (non-hydrogen) atoms. The predicted octanol–water partition coefficient (Wildman–Crippen LogP) is 1.43. The van der Waals surface area contributed by atoms with Crippen LogP contribution in [0.3, 0.4) is 0 Å². The molecular formula is C23H27F4N9O. The molecule has 0 spiro atoms. The van der Waals surface area contributed by atoms with Gasteiger partial charge in [-0.15, -0.1) is 0 Å². The number of hydrogen-bond acceptors (Lipinski definition) is 8. The van der Waals surface area contributed by atoms with E-state index >= 15 is 4.39 Å². The highest BCUT2D eigenvalue weighted by Crippen LogP contribution is 2.33. The number of nitrogen functional groups attached to an aromatic ring is 1. The van der Waals surface area contributed by atoms with Crippen LogP contribution in [0.15, 0.2) is 24.8 Å². The highest BCUT2D eigenvalue weighted by molar-refractivity contribution is 5.88. The molecule has 1 unspecified atom stereocenters. The quantitative estimate of drug-likeness (QED) is 0.327. The minimum absolute atomic E-state index is 0.0470. The Hall–Kier alpha value is -3.52. The first-order valence-electron chi connectivity index (χ1n) is 11.9. The van der Waals surface area contributed by atoms with Crippen molar-refractivity contribution in [1.29, 1.82) is 0 Å². The predicted molar refractivity (Wildman–Crippen MR) is 128 cm³/mol. The number of benzene rings is 1. The maximum Gasteiger partial charge on any atom is 0.401 e. The number of hydrogen-bond donors (Lipinski definition) is 4. The number of anilines is 2. The Kier molecular flexibility index (Phi) is 6.40. The summed E-state index contributed by atoms with van der Waals surface area (Å²) in [6, 6.07) is 2.93. The zero-order valence-electron chi connectivity index (χ0n) is 19.9. The molecule has 2 aromatic heterocycles. The molecule has 5 rings (SSSR count). The summed E-state index contributed by atoms with van der Waals surface area (Å²) in [6.07, 6.45) is 0.519. The van der Waals surface area contributed by atoms with Gasteiger partial charge in [0.2, 0.25) is 5.91 Å². The number of imidazole rings is 1. The number of fused-ring (bicyclic) bond motifs is 1. The van der Waals surface area contributed by atoms with E-state index in [2.05, 4.69) is 25.6 Å². The first-order chi connectivity index (χ1) is 17.5. The fraction of sp³-hybridized carbons (Fsp3) is 0.478. The van der Waals surface area contributed by atoms with Crippen LogP contribution < -0.4 is 27.0 Å². The molecule has 1 aliphatic carbocycles. The average Bonchev–Trinajstić information content (AvgIpc) is 3.41. The Labute approximate surface area is 209 Å². The summed E-state index contributed by atoms with van der Waals surface area (Å²) in [4.78, 5) is 27.0. The average molecular weight is 522 g/mol. The molecule has 6 N–H and O–H groups in total. The Morgan fingerprint density at radius 2 is 1.97 bits per heavy atom. The fourth-order valence-corrected chi connectivity index (χ4v) is 4.61. The zero-order valence-corrected chi connectivity index (χ0v) is 19.9. The molecule has 3 aromatic rings. The van der Waals surface area contributed by atoms with E-state index in [1.807, 2.05) is 4.90 Å². The number of amides is 1. The summed E-state index contributed by atoms with van der Waals surface area (Å²) < 4.78 is 55.1. The molecule has 0 radical (unpaired) electrons. The van der Waals surface area contributed by atoms with Gasteiger partial charge in [0.25, 0.3) is 0 Å². The smallest absolute Gasteiger partial charge is 0.382 e. The summed E-state index contributed by atoms with van der Waals surface area (Å²) in [7, 11) is 0. The van der Waals surface area contributed by atoms with Gasteiger partial charge in [-0.25, -0.2) is 19.3 Å². The number of nitrogens with two attached hydrogens (primary N) is 2. The van der Waals surface area contributed by atoms with Crippen molar-refractivity contribution < 1.29 is 22.4 Å². The molecular weight excluding hydrogens is 494 g/mol. The molecule has 2 fully saturated rings. The van der Waals surface area contributed by atoms with E-state index in [1.165, 1.54) is 18.7 Å². The summed E-state index contributed by atoms with van der Waals surface area (Å²) in [5.74, 6) is -0.720. The lowest BCUT2D eigenvalue weighted by Gasteiger charge is -2.27. The van der Waals surface area contributed by atoms with Crippen molar-refractivity contribution in [2.45, 2.75) is 50.1 Å². The van der Waals surface area contributed by atoms with Crippen LogP contribution in [0.25, 0.3) is 11.2 Å². The van der Waals surface area contributed by atoms with Gasteiger partial charge in [-0.1, -0.05) is 0 Å². The summed E-state index contributed by atoms with van der Waals surface area (Å²) in [6.45, 7) is -0.986. The van der Waals surface area contributed by atoms with Gasteiger partial charge in [-0.2, -0.15) is 13.2 Å². The summed E-state index contributed by atoms with van der Waals surface area (Å²) in [5.41, 5.74) is 13.0.